The Morgan fingerprint density at radius 1 is 1.67 bits per heavy atom. The van der Waals surface area contributed by atoms with E-state index in [0.717, 1.165) is 18.8 Å². The van der Waals surface area contributed by atoms with Crippen LogP contribution in [-0.2, 0) is 6.54 Å². The molecule has 2 heterocycles. The van der Waals surface area contributed by atoms with Gasteiger partial charge in [-0.25, -0.2) is 0 Å². The van der Waals surface area contributed by atoms with Crippen molar-refractivity contribution in [1.82, 2.24) is 15.1 Å². The Morgan fingerprint density at radius 3 is 3.20 bits per heavy atom. The molecule has 1 atom stereocenters. The molecule has 1 fully saturated rings. The highest BCUT2D eigenvalue weighted by atomic mass is 16.5. The molecule has 0 bridgehead atoms. The quantitative estimate of drug-likeness (QED) is 0.815. The van der Waals surface area contributed by atoms with Crippen molar-refractivity contribution < 1.29 is 4.74 Å². The molecule has 0 amide bonds. The summed E-state index contributed by atoms with van der Waals surface area (Å²) in [6, 6.07) is 0.580. The van der Waals surface area contributed by atoms with Gasteiger partial charge in [0.15, 0.2) is 5.75 Å². The number of nitrogens with one attached hydrogen (secondary N) is 1. The molecule has 1 aliphatic rings. The summed E-state index contributed by atoms with van der Waals surface area (Å²) in [5.41, 5.74) is 0. The molecule has 0 aromatic carbocycles. The van der Waals surface area contributed by atoms with Crippen LogP contribution in [0.15, 0.2) is 12.4 Å². The molecule has 15 heavy (non-hydrogen) atoms. The van der Waals surface area contributed by atoms with E-state index in [1.54, 1.807) is 6.20 Å². The third kappa shape index (κ3) is 2.96. The third-order valence-corrected chi connectivity index (χ3v) is 2.55. The standard InChI is InChI=1S/C11H19N3O/c1-9(2)15-11-6-13-14(8-11)7-10-4-3-5-12-10/h6,8-10,12H,3-5,7H2,1-2H3. The van der Waals surface area contributed by atoms with Crippen LogP contribution in [0.2, 0.25) is 0 Å². The summed E-state index contributed by atoms with van der Waals surface area (Å²) in [5.74, 6) is 0.864. The Kier molecular flexibility index (Phi) is 3.26. The van der Waals surface area contributed by atoms with Crippen molar-refractivity contribution in [1.29, 1.82) is 0 Å². The molecular weight excluding hydrogens is 190 g/mol. The summed E-state index contributed by atoms with van der Waals surface area (Å²) in [7, 11) is 0. The van der Waals surface area contributed by atoms with Gasteiger partial charge in [0.1, 0.15) is 0 Å². The van der Waals surface area contributed by atoms with Gasteiger partial charge in [-0.3, -0.25) is 4.68 Å². The second-order valence-corrected chi connectivity index (χ2v) is 4.36. The number of aromatic nitrogens is 2. The molecule has 4 nitrogen and oxygen atoms in total. The zero-order valence-electron chi connectivity index (χ0n) is 9.44. The van der Waals surface area contributed by atoms with Crippen molar-refractivity contribution in [3.63, 3.8) is 0 Å². The number of ether oxygens (including phenoxy) is 1. The van der Waals surface area contributed by atoms with Crippen LogP contribution in [0.4, 0.5) is 0 Å². The van der Waals surface area contributed by atoms with Crippen LogP contribution in [0.25, 0.3) is 0 Å². The van der Waals surface area contributed by atoms with E-state index < -0.39 is 0 Å². The number of hydrogen-bond acceptors (Lipinski definition) is 3. The maximum absolute atomic E-state index is 5.56. The van der Waals surface area contributed by atoms with Gasteiger partial charge in [-0.2, -0.15) is 5.10 Å². The van der Waals surface area contributed by atoms with Crippen molar-refractivity contribution in [2.24, 2.45) is 0 Å². The first-order valence-corrected chi connectivity index (χ1v) is 5.66. The Morgan fingerprint density at radius 2 is 2.53 bits per heavy atom. The van der Waals surface area contributed by atoms with Crippen molar-refractivity contribution in [3.05, 3.63) is 12.4 Å². The molecule has 1 saturated heterocycles. The molecule has 84 valence electrons. The fourth-order valence-electron chi connectivity index (χ4n) is 1.92. The number of hydrogen-bond donors (Lipinski definition) is 1. The molecule has 1 N–H and O–H groups in total. The molecule has 1 aromatic heterocycles. The van der Waals surface area contributed by atoms with Crippen molar-refractivity contribution in [3.8, 4) is 5.75 Å². The molecule has 1 aliphatic heterocycles. The molecule has 1 unspecified atom stereocenters. The summed E-state index contributed by atoms with van der Waals surface area (Å²) in [6.07, 6.45) is 6.50. The predicted octanol–water partition coefficient (Wildman–Crippen LogP) is 1.42. The van der Waals surface area contributed by atoms with E-state index in [0.29, 0.717) is 6.04 Å². The topological polar surface area (TPSA) is 39.1 Å². The van der Waals surface area contributed by atoms with Crippen LogP contribution in [0.3, 0.4) is 0 Å². The maximum atomic E-state index is 5.56. The predicted molar refractivity (Wildman–Crippen MR) is 59.0 cm³/mol. The van der Waals surface area contributed by atoms with E-state index in [9.17, 15) is 0 Å². The van der Waals surface area contributed by atoms with Crippen LogP contribution < -0.4 is 10.1 Å². The Bertz CT molecular complexity index is 303. The van der Waals surface area contributed by atoms with Gasteiger partial charge in [0.05, 0.1) is 25.0 Å². The first kappa shape index (κ1) is 10.5. The fraction of sp³-hybridized carbons (Fsp3) is 0.727. The lowest BCUT2D eigenvalue weighted by atomic mass is 10.2. The van der Waals surface area contributed by atoms with Crippen LogP contribution in [0, 0.1) is 0 Å². The van der Waals surface area contributed by atoms with Gasteiger partial charge in [0.25, 0.3) is 0 Å². The number of rotatable bonds is 4. The summed E-state index contributed by atoms with van der Waals surface area (Å²) in [4.78, 5) is 0. The van der Waals surface area contributed by atoms with Crippen molar-refractivity contribution >= 4 is 0 Å². The van der Waals surface area contributed by atoms with Gasteiger partial charge in [0, 0.05) is 6.04 Å². The van der Waals surface area contributed by atoms with E-state index in [2.05, 4.69) is 10.4 Å². The second kappa shape index (κ2) is 4.66. The molecular formula is C11H19N3O. The van der Waals surface area contributed by atoms with Crippen LogP contribution in [0.1, 0.15) is 26.7 Å². The largest absolute Gasteiger partial charge is 0.488 e. The van der Waals surface area contributed by atoms with Crippen molar-refractivity contribution in [2.75, 3.05) is 6.54 Å². The average Bonchev–Trinajstić information content (AvgIpc) is 2.77. The normalized spacial score (nSPS) is 21.1. The highest BCUT2D eigenvalue weighted by Crippen LogP contribution is 2.12. The van der Waals surface area contributed by atoms with E-state index in [1.165, 1.54) is 12.8 Å². The van der Waals surface area contributed by atoms with Gasteiger partial charge >= 0.3 is 0 Å². The average molecular weight is 209 g/mol. The lowest BCUT2D eigenvalue weighted by Gasteiger charge is -2.09. The molecule has 1 aromatic rings. The van der Waals surface area contributed by atoms with E-state index in [-0.39, 0.29) is 6.10 Å². The lowest BCUT2D eigenvalue weighted by molar-refractivity contribution is 0.242. The number of nitrogens with zero attached hydrogens (tertiary/aromatic N) is 2. The van der Waals surface area contributed by atoms with E-state index in [1.807, 2.05) is 24.7 Å². The molecule has 4 heteroatoms. The Balaban J connectivity index is 1.88. The minimum absolute atomic E-state index is 0.215. The van der Waals surface area contributed by atoms with Crippen LogP contribution in [-0.4, -0.2) is 28.5 Å². The van der Waals surface area contributed by atoms with Gasteiger partial charge in [-0.15, -0.1) is 0 Å². The molecule has 2 rings (SSSR count). The fourth-order valence-corrected chi connectivity index (χ4v) is 1.92. The van der Waals surface area contributed by atoms with Gasteiger partial charge < -0.3 is 10.1 Å². The monoisotopic (exact) mass is 209 g/mol. The molecule has 0 spiro atoms. The first-order chi connectivity index (χ1) is 7.24. The highest BCUT2D eigenvalue weighted by Gasteiger charge is 2.14. The van der Waals surface area contributed by atoms with Gasteiger partial charge in [-0.05, 0) is 33.2 Å². The van der Waals surface area contributed by atoms with Crippen LogP contribution in [0.5, 0.6) is 5.75 Å². The summed E-state index contributed by atoms with van der Waals surface area (Å²) < 4.78 is 7.51. The molecule has 0 saturated carbocycles. The third-order valence-electron chi connectivity index (χ3n) is 2.55. The smallest absolute Gasteiger partial charge is 0.157 e. The zero-order chi connectivity index (χ0) is 10.7. The van der Waals surface area contributed by atoms with Crippen molar-refractivity contribution in [2.45, 2.75) is 45.4 Å². The van der Waals surface area contributed by atoms with Gasteiger partial charge in [-0.1, -0.05) is 0 Å². The minimum atomic E-state index is 0.215. The second-order valence-electron chi connectivity index (χ2n) is 4.36. The van der Waals surface area contributed by atoms with E-state index >= 15 is 0 Å². The minimum Gasteiger partial charge on any atom is -0.488 e. The maximum Gasteiger partial charge on any atom is 0.157 e. The summed E-state index contributed by atoms with van der Waals surface area (Å²) in [5, 5.41) is 7.74. The van der Waals surface area contributed by atoms with Gasteiger partial charge in [0.2, 0.25) is 0 Å². The first-order valence-electron chi connectivity index (χ1n) is 5.66. The Labute approximate surface area is 90.6 Å². The summed E-state index contributed by atoms with van der Waals surface area (Å²) in [6.45, 7) is 6.13. The summed E-state index contributed by atoms with van der Waals surface area (Å²) >= 11 is 0. The molecule has 0 radical (unpaired) electrons. The molecule has 0 aliphatic carbocycles. The highest BCUT2D eigenvalue weighted by molar-refractivity contribution is 5.12. The SMILES string of the molecule is CC(C)Oc1cnn(CC2CCCN2)c1. The lowest BCUT2D eigenvalue weighted by Crippen LogP contribution is -2.26. The van der Waals surface area contributed by atoms with Crippen LogP contribution >= 0.6 is 0 Å². The zero-order valence-corrected chi connectivity index (χ0v) is 9.44. The Hall–Kier alpha value is -1.03. The van der Waals surface area contributed by atoms with E-state index in [4.69, 9.17) is 4.74 Å².